The van der Waals surface area contributed by atoms with Crippen molar-refractivity contribution in [1.82, 2.24) is 0 Å². The van der Waals surface area contributed by atoms with Crippen LogP contribution >= 0.6 is 0 Å². The first-order chi connectivity index (χ1) is 15.8. The maximum absolute atomic E-state index is 12.8. The van der Waals surface area contributed by atoms with E-state index in [9.17, 15) is 15.0 Å². The fraction of sp³-hybridized carbons (Fsp3) is 0.900. The molecule has 4 heteroatoms. The van der Waals surface area contributed by atoms with Crippen LogP contribution in [0.1, 0.15) is 98.8 Å². The maximum atomic E-state index is 12.8. The van der Waals surface area contributed by atoms with Gasteiger partial charge >= 0.3 is 5.97 Å². The highest BCUT2D eigenvalue weighted by molar-refractivity contribution is 5.76. The molecule has 5 aliphatic carbocycles. The molecule has 7 fully saturated rings. The zero-order valence-corrected chi connectivity index (χ0v) is 22.1. The number of carboxylic acid groups (broad SMARTS) is 1. The number of hydrogen-bond donors (Lipinski definition) is 2. The van der Waals surface area contributed by atoms with Crippen LogP contribution in [0.15, 0.2) is 12.2 Å². The summed E-state index contributed by atoms with van der Waals surface area (Å²) in [6, 6.07) is 0. The van der Waals surface area contributed by atoms with Crippen molar-refractivity contribution in [2.45, 2.75) is 105 Å². The van der Waals surface area contributed by atoms with E-state index in [4.69, 9.17) is 4.74 Å². The molecule has 10 atom stereocenters. The van der Waals surface area contributed by atoms with Gasteiger partial charge in [-0.3, -0.25) is 4.79 Å². The van der Waals surface area contributed by atoms with Gasteiger partial charge in [-0.2, -0.15) is 0 Å². The molecule has 2 bridgehead atoms. The summed E-state index contributed by atoms with van der Waals surface area (Å²) < 4.78 is 6.33. The first-order valence-electron chi connectivity index (χ1n) is 14.0. The van der Waals surface area contributed by atoms with E-state index in [1.807, 2.05) is 0 Å². The van der Waals surface area contributed by atoms with Gasteiger partial charge in [0, 0.05) is 17.3 Å². The Balaban J connectivity index is 1.43. The van der Waals surface area contributed by atoms with E-state index in [1.54, 1.807) is 0 Å². The van der Waals surface area contributed by atoms with Crippen molar-refractivity contribution in [3.63, 3.8) is 0 Å². The number of hydrogen-bond acceptors (Lipinski definition) is 3. The van der Waals surface area contributed by atoms with E-state index in [2.05, 4.69) is 41.2 Å². The van der Waals surface area contributed by atoms with E-state index in [1.165, 1.54) is 18.4 Å². The lowest BCUT2D eigenvalue weighted by Gasteiger charge is -2.75. The Morgan fingerprint density at radius 3 is 2.24 bits per heavy atom. The lowest BCUT2D eigenvalue weighted by atomic mass is 9.31. The standard InChI is InChI=1S/C30H46O4/c1-18(2)19-9-12-28(24(31)32)14-13-26(5)20(23(19)28)7-8-22-27(26,6)11-10-21-25(3,4)30(33)16-15-29(21,22)17-34-30/h19-23,33H,1,7-17H2,2-6H3,(H,31,32)/t19-,20+,21+,22+,23+,26+,27+,28-,29+,30-/m0/s1. The van der Waals surface area contributed by atoms with Crippen molar-refractivity contribution in [2.24, 2.45) is 56.7 Å². The minimum absolute atomic E-state index is 0.145. The molecule has 0 aromatic rings. The van der Waals surface area contributed by atoms with E-state index in [0.717, 1.165) is 51.4 Å². The highest BCUT2D eigenvalue weighted by Crippen LogP contribution is 2.79. The number of rotatable bonds is 2. The average molecular weight is 471 g/mol. The smallest absolute Gasteiger partial charge is 0.309 e. The molecule has 2 heterocycles. The Morgan fingerprint density at radius 1 is 0.882 bits per heavy atom. The molecule has 1 spiro atoms. The van der Waals surface area contributed by atoms with Crippen molar-refractivity contribution in [2.75, 3.05) is 6.61 Å². The lowest BCUT2D eigenvalue weighted by molar-refractivity contribution is -0.400. The van der Waals surface area contributed by atoms with Crippen molar-refractivity contribution in [3.05, 3.63) is 12.2 Å². The van der Waals surface area contributed by atoms with Gasteiger partial charge in [0.2, 0.25) is 0 Å². The number of fused-ring (bicyclic) bond motifs is 7. The van der Waals surface area contributed by atoms with Crippen LogP contribution < -0.4 is 0 Å². The topological polar surface area (TPSA) is 66.8 Å². The van der Waals surface area contributed by atoms with Gasteiger partial charge in [0.15, 0.2) is 5.79 Å². The van der Waals surface area contributed by atoms with E-state index < -0.39 is 17.2 Å². The summed E-state index contributed by atoms with van der Waals surface area (Å²) in [7, 11) is 0. The molecule has 2 aliphatic heterocycles. The number of aliphatic hydroxyl groups is 1. The van der Waals surface area contributed by atoms with Crippen LogP contribution in [-0.2, 0) is 9.53 Å². The Labute approximate surface area is 205 Å². The molecule has 0 amide bonds. The highest BCUT2D eigenvalue weighted by atomic mass is 16.6. The summed E-state index contributed by atoms with van der Waals surface area (Å²) >= 11 is 0. The van der Waals surface area contributed by atoms with Gasteiger partial charge in [0.1, 0.15) is 0 Å². The minimum atomic E-state index is -0.973. The van der Waals surface area contributed by atoms with Gasteiger partial charge in [0.05, 0.1) is 12.0 Å². The fourth-order valence-electron chi connectivity index (χ4n) is 11.9. The normalized spacial score (nSPS) is 57.2. The van der Waals surface area contributed by atoms with Gasteiger partial charge in [-0.1, -0.05) is 39.8 Å². The predicted octanol–water partition coefficient (Wildman–Crippen LogP) is 6.43. The highest BCUT2D eigenvalue weighted by Gasteiger charge is 2.75. The van der Waals surface area contributed by atoms with Gasteiger partial charge in [-0.05, 0) is 105 Å². The van der Waals surface area contributed by atoms with Crippen molar-refractivity contribution >= 4 is 5.97 Å². The molecule has 0 aromatic carbocycles. The second-order valence-corrected chi connectivity index (χ2v) is 14.7. The summed E-state index contributed by atoms with van der Waals surface area (Å²) in [6.45, 7) is 16.8. The molecule has 0 radical (unpaired) electrons. The summed E-state index contributed by atoms with van der Waals surface area (Å²) in [5.41, 5.74) is 0.909. The van der Waals surface area contributed by atoms with Crippen LogP contribution in [0.25, 0.3) is 0 Å². The zero-order valence-electron chi connectivity index (χ0n) is 22.1. The van der Waals surface area contributed by atoms with Crippen LogP contribution in [-0.4, -0.2) is 28.6 Å². The number of ether oxygens (including phenoxy) is 1. The largest absolute Gasteiger partial charge is 0.481 e. The molecule has 0 unspecified atom stereocenters. The molecule has 0 aromatic heterocycles. The van der Waals surface area contributed by atoms with Crippen molar-refractivity contribution in [1.29, 1.82) is 0 Å². The third-order valence-electron chi connectivity index (χ3n) is 13.9. The Hall–Kier alpha value is -0.870. The second-order valence-electron chi connectivity index (χ2n) is 14.7. The van der Waals surface area contributed by atoms with E-state index in [-0.39, 0.29) is 27.6 Å². The van der Waals surface area contributed by atoms with E-state index in [0.29, 0.717) is 30.3 Å². The molecule has 4 nitrogen and oxygen atoms in total. The number of aliphatic carboxylic acids is 1. The molecular formula is C30H46O4. The summed E-state index contributed by atoms with van der Waals surface area (Å²) in [5.74, 6) is 0.592. The van der Waals surface area contributed by atoms with Crippen LogP contribution in [0.3, 0.4) is 0 Å². The van der Waals surface area contributed by atoms with Gasteiger partial charge in [-0.25, -0.2) is 0 Å². The van der Waals surface area contributed by atoms with Crippen molar-refractivity contribution < 1.29 is 19.7 Å². The van der Waals surface area contributed by atoms with Crippen LogP contribution in [0.4, 0.5) is 0 Å². The molecule has 2 N–H and O–H groups in total. The van der Waals surface area contributed by atoms with Crippen LogP contribution in [0, 0.1) is 56.7 Å². The number of allylic oxidation sites excluding steroid dienone is 1. The summed E-state index contributed by atoms with van der Waals surface area (Å²) in [4.78, 5) is 12.8. The number of carbonyl (C=O) groups is 1. The lowest BCUT2D eigenvalue weighted by Crippen LogP contribution is -2.74. The molecule has 34 heavy (non-hydrogen) atoms. The van der Waals surface area contributed by atoms with E-state index >= 15 is 0 Å². The van der Waals surface area contributed by atoms with Crippen LogP contribution in [0.2, 0.25) is 0 Å². The van der Waals surface area contributed by atoms with Gasteiger partial charge in [-0.15, -0.1) is 0 Å². The second kappa shape index (κ2) is 6.71. The third-order valence-corrected chi connectivity index (χ3v) is 13.9. The van der Waals surface area contributed by atoms with Gasteiger partial charge in [0.25, 0.3) is 0 Å². The van der Waals surface area contributed by atoms with Gasteiger partial charge < -0.3 is 14.9 Å². The molecule has 190 valence electrons. The SMILES string of the molecule is C=C(C)[C@@H]1CC[C@]2(C(=O)O)CC[C@]3(C)[C@H](CC[C@H]4[C@]56CC[C@](O)(OC5)C(C)(C)[C@H]6CC[C@]43C)[C@@H]12. The average Bonchev–Trinajstić information content (AvgIpc) is 3.17. The summed E-state index contributed by atoms with van der Waals surface area (Å²) in [5, 5.41) is 21.9. The first-order valence-corrected chi connectivity index (χ1v) is 14.0. The molecule has 7 rings (SSSR count). The monoisotopic (exact) mass is 470 g/mol. The molecule has 5 saturated carbocycles. The maximum Gasteiger partial charge on any atom is 0.309 e. The Bertz CT molecular complexity index is 928. The third kappa shape index (κ3) is 2.37. The Kier molecular flexibility index (Phi) is 4.64. The first kappa shape index (κ1) is 23.5. The zero-order chi connectivity index (χ0) is 24.5. The van der Waals surface area contributed by atoms with Crippen LogP contribution in [0.5, 0.6) is 0 Å². The predicted molar refractivity (Wildman–Crippen MR) is 132 cm³/mol. The quantitative estimate of drug-likeness (QED) is 0.457. The fourth-order valence-corrected chi connectivity index (χ4v) is 11.9. The molecular weight excluding hydrogens is 424 g/mol. The minimum Gasteiger partial charge on any atom is -0.481 e. The summed E-state index contributed by atoms with van der Waals surface area (Å²) in [6.07, 6.45) is 10.2. The number of carboxylic acids is 1. The Morgan fingerprint density at radius 2 is 1.62 bits per heavy atom. The molecule has 7 aliphatic rings. The molecule has 2 saturated heterocycles. The van der Waals surface area contributed by atoms with Crippen molar-refractivity contribution in [3.8, 4) is 0 Å².